The van der Waals surface area contributed by atoms with Crippen LogP contribution in [0.5, 0.6) is 5.75 Å². The van der Waals surface area contributed by atoms with E-state index in [-0.39, 0.29) is 10.6 Å². The molecule has 0 atom stereocenters. The number of aromatic hydroxyl groups is 1. The van der Waals surface area contributed by atoms with Crippen molar-refractivity contribution in [2.75, 3.05) is 0 Å². The highest BCUT2D eigenvalue weighted by Gasteiger charge is 2.06. The minimum atomic E-state index is -0.214. The smallest absolute Gasteiger partial charge is 0.305 e. The van der Waals surface area contributed by atoms with E-state index in [0.29, 0.717) is 15.2 Å². The molecule has 0 fully saturated rings. The molecule has 62 valence electrons. The number of aromatic amines is 1. The second-order valence-corrected chi connectivity index (χ2v) is 3.68. The molecule has 0 aliphatic carbocycles. The molecule has 5 heteroatoms. The third-order valence-electron chi connectivity index (χ3n) is 1.51. The molecule has 1 aromatic carbocycles. The van der Waals surface area contributed by atoms with Gasteiger partial charge in [0.2, 0.25) is 0 Å². The lowest BCUT2D eigenvalue weighted by molar-refractivity contribution is 0.482. The molecule has 3 nitrogen and oxygen atoms in total. The van der Waals surface area contributed by atoms with Crippen molar-refractivity contribution in [2.45, 2.75) is 0 Å². The highest BCUT2D eigenvalue weighted by atomic mass is 35.5. The highest BCUT2D eigenvalue weighted by Crippen LogP contribution is 2.30. The monoisotopic (exact) mass is 201 g/mol. The molecule has 2 N–H and O–H groups in total. The van der Waals surface area contributed by atoms with Gasteiger partial charge >= 0.3 is 4.87 Å². The molecule has 2 rings (SSSR count). The predicted octanol–water partition coefficient (Wildman–Crippen LogP) is 1.95. The maximum absolute atomic E-state index is 10.9. The second-order valence-electron chi connectivity index (χ2n) is 2.29. The van der Waals surface area contributed by atoms with E-state index >= 15 is 0 Å². The maximum atomic E-state index is 10.9. The largest absolute Gasteiger partial charge is 0.506 e. The quantitative estimate of drug-likeness (QED) is 0.685. The zero-order valence-electron chi connectivity index (χ0n) is 5.80. The zero-order valence-corrected chi connectivity index (χ0v) is 7.37. The number of fused-ring (bicyclic) bond motifs is 1. The Balaban J connectivity index is 3.03. The van der Waals surface area contributed by atoms with Gasteiger partial charge in [0.25, 0.3) is 0 Å². The maximum Gasteiger partial charge on any atom is 0.305 e. The molecule has 0 bridgehead atoms. The van der Waals surface area contributed by atoms with Crippen LogP contribution in [-0.4, -0.2) is 10.1 Å². The van der Waals surface area contributed by atoms with Gasteiger partial charge in [-0.2, -0.15) is 0 Å². The van der Waals surface area contributed by atoms with Gasteiger partial charge in [0.05, 0.1) is 15.2 Å². The van der Waals surface area contributed by atoms with Crippen LogP contribution in [-0.2, 0) is 0 Å². The summed E-state index contributed by atoms with van der Waals surface area (Å²) in [5, 5.41) is 9.75. The summed E-state index contributed by atoms with van der Waals surface area (Å²) in [5.74, 6) is 0.0813. The first-order chi connectivity index (χ1) is 5.68. The number of phenolic OH excluding ortho intramolecular Hbond substituents is 1. The molecule has 1 aromatic heterocycles. The molecule has 0 spiro atoms. The van der Waals surface area contributed by atoms with Crippen molar-refractivity contribution in [3.05, 3.63) is 26.8 Å². The average Bonchev–Trinajstić information content (AvgIpc) is 2.41. The summed E-state index contributed by atoms with van der Waals surface area (Å²) >= 11 is 6.72. The van der Waals surface area contributed by atoms with Crippen LogP contribution < -0.4 is 4.87 Å². The van der Waals surface area contributed by atoms with Crippen molar-refractivity contribution in [3.8, 4) is 5.75 Å². The first-order valence-corrected chi connectivity index (χ1v) is 4.38. The number of hydrogen-bond donors (Lipinski definition) is 2. The van der Waals surface area contributed by atoms with Crippen LogP contribution in [0.15, 0.2) is 16.9 Å². The summed E-state index contributed by atoms with van der Waals surface area (Å²) in [4.78, 5) is 13.2. The molecule has 0 amide bonds. The standard InChI is InChI=1S/C7H4ClNO2S/c8-3-1-2-4(10)6-5(3)9-7(11)12-6/h1-2,10H,(H,9,11). The number of halogens is 1. The molecular formula is C7H4ClNO2S. The molecule has 0 radical (unpaired) electrons. The van der Waals surface area contributed by atoms with Gasteiger partial charge in [0.15, 0.2) is 0 Å². The summed E-state index contributed by atoms with van der Waals surface area (Å²) < 4.78 is 0.507. The van der Waals surface area contributed by atoms with Gasteiger partial charge in [-0.1, -0.05) is 22.9 Å². The van der Waals surface area contributed by atoms with Crippen LogP contribution in [0.4, 0.5) is 0 Å². The van der Waals surface area contributed by atoms with Gasteiger partial charge in [-0.05, 0) is 12.1 Å². The Morgan fingerprint density at radius 3 is 2.92 bits per heavy atom. The Kier molecular flexibility index (Phi) is 1.59. The second kappa shape index (κ2) is 2.50. The molecule has 0 aliphatic rings. The number of aromatic nitrogens is 1. The molecule has 0 unspecified atom stereocenters. The van der Waals surface area contributed by atoms with Crippen molar-refractivity contribution < 1.29 is 5.11 Å². The third-order valence-corrected chi connectivity index (χ3v) is 2.73. The van der Waals surface area contributed by atoms with E-state index in [1.54, 1.807) is 6.07 Å². The molecule has 1 heterocycles. The number of nitrogens with one attached hydrogen (secondary N) is 1. The summed E-state index contributed by atoms with van der Waals surface area (Å²) in [7, 11) is 0. The van der Waals surface area contributed by atoms with Crippen LogP contribution in [0.3, 0.4) is 0 Å². The van der Waals surface area contributed by atoms with Gasteiger partial charge in [-0.15, -0.1) is 0 Å². The highest BCUT2D eigenvalue weighted by molar-refractivity contribution is 7.16. The van der Waals surface area contributed by atoms with E-state index in [1.165, 1.54) is 6.07 Å². The van der Waals surface area contributed by atoms with Gasteiger partial charge < -0.3 is 10.1 Å². The Hall–Kier alpha value is -1.00. The van der Waals surface area contributed by atoms with E-state index in [0.717, 1.165) is 11.3 Å². The normalized spacial score (nSPS) is 10.8. The van der Waals surface area contributed by atoms with Crippen molar-refractivity contribution in [2.24, 2.45) is 0 Å². The van der Waals surface area contributed by atoms with Crippen molar-refractivity contribution in [3.63, 3.8) is 0 Å². The van der Waals surface area contributed by atoms with Crippen LogP contribution in [0, 0.1) is 0 Å². The summed E-state index contributed by atoms with van der Waals surface area (Å²) in [6.07, 6.45) is 0. The summed E-state index contributed by atoms with van der Waals surface area (Å²) in [6, 6.07) is 3.01. The fourth-order valence-electron chi connectivity index (χ4n) is 0.988. The number of hydrogen-bond acceptors (Lipinski definition) is 3. The topological polar surface area (TPSA) is 53.1 Å². The average molecular weight is 202 g/mol. The Bertz CT molecular complexity index is 446. The third kappa shape index (κ3) is 1.00. The molecule has 0 aliphatic heterocycles. The van der Waals surface area contributed by atoms with Crippen LogP contribution in [0.25, 0.3) is 10.2 Å². The lowest BCUT2D eigenvalue weighted by Gasteiger charge is -1.94. The van der Waals surface area contributed by atoms with E-state index in [9.17, 15) is 9.90 Å². The predicted molar refractivity (Wildman–Crippen MR) is 49.1 cm³/mol. The van der Waals surface area contributed by atoms with E-state index in [1.807, 2.05) is 0 Å². The number of benzene rings is 1. The first kappa shape index (κ1) is 7.64. The fraction of sp³-hybridized carbons (Fsp3) is 0. The van der Waals surface area contributed by atoms with Crippen molar-refractivity contribution in [1.82, 2.24) is 4.98 Å². The lowest BCUT2D eigenvalue weighted by Crippen LogP contribution is -1.89. The minimum Gasteiger partial charge on any atom is -0.506 e. The number of phenols is 1. The van der Waals surface area contributed by atoms with Crippen molar-refractivity contribution >= 4 is 33.2 Å². The van der Waals surface area contributed by atoms with E-state index in [2.05, 4.69) is 4.98 Å². The number of thiazole rings is 1. The van der Waals surface area contributed by atoms with Crippen LogP contribution in [0.2, 0.25) is 5.02 Å². The van der Waals surface area contributed by atoms with Crippen LogP contribution in [0.1, 0.15) is 0 Å². The SMILES string of the molecule is O=c1[nH]c2c(Cl)ccc(O)c2s1. The van der Waals surface area contributed by atoms with Gasteiger partial charge in [0.1, 0.15) is 5.75 Å². The van der Waals surface area contributed by atoms with Crippen molar-refractivity contribution in [1.29, 1.82) is 0 Å². The Labute approximate surface area is 76.2 Å². The number of rotatable bonds is 0. The zero-order chi connectivity index (χ0) is 8.72. The molecular weight excluding hydrogens is 198 g/mol. The van der Waals surface area contributed by atoms with Crippen LogP contribution >= 0.6 is 22.9 Å². The molecule has 0 saturated heterocycles. The van der Waals surface area contributed by atoms with E-state index in [4.69, 9.17) is 11.6 Å². The van der Waals surface area contributed by atoms with Gasteiger partial charge in [-0.25, -0.2) is 0 Å². The van der Waals surface area contributed by atoms with Gasteiger partial charge in [0, 0.05) is 0 Å². The molecule has 0 saturated carbocycles. The summed E-state index contributed by atoms with van der Waals surface area (Å²) in [6.45, 7) is 0. The lowest BCUT2D eigenvalue weighted by atomic mass is 10.3. The minimum absolute atomic E-state index is 0.0813. The molecule has 2 aromatic rings. The Morgan fingerprint density at radius 1 is 1.50 bits per heavy atom. The first-order valence-electron chi connectivity index (χ1n) is 3.19. The molecule has 12 heavy (non-hydrogen) atoms. The van der Waals surface area contributed by atoms with E-state index < -0.39 is 0 Å². The fourth-order valence-corrected chi connectivity index (χ4v) is 2.02. The van der Waals surface area contributed by atoms with Gasteiger partial charge in [-0.3, -0.25) is 4.79 Å². The Morgan fingerprint density at radius 2 is 2.25 bits per heavy atom. The number of H-pyrrole nitrogens is 1. The summed E-state index contributed by atoms with van der Waals surface area (Å²) in [5.41, 5.74) is 0.506.